The Morgan fingerprint density at radius 2 is 2.25 bits per heavy atom. The Hall–Kier alpha value is -0.170. The van der Waals surface area contributed by atoms with Crippen LogP contribution in [0.5, 0.6) is 0 Å². The van der Waals surface area contributed by atoms with Crippen LogP contribution in [0.25, 0.3) is 0 Å². The van der Waals surface area contributed by atoms with Crippen molar-refractivity contribution in [3.63, 3.8) is 0 Å². The summed E-state index contributed by atoms with van der Waals surface area (Å²) >= 11 is 0. The third-order valence-corrected chi connectivity index (χ3v) is 0.819. The van der Waals surface area contributed by atoms with Gasteiger partial charge in [0.1, 0.15) is 0 Å². The van der Waals surface area contributed by atoms with E-state index < -0.39 is 0 Å². The predicted molar refractivity (Wildman–Crippen MR) is 40.4 cm³/mol. The van der Waals surface area contributed by atoms with Gasteiger partial charge in [0.05, 0.1) is 0 Å². The monoisotopic (exact) mass is 135 g/mol. The fourth-order valence-electron chi connectivity index (χ4n) is 0.381. The number of hydrogen-bond donors (Lipinski definition) is 1. The van der Waals surface area contributed by atoms with Crippen LogP contribution in [0, 0.1) is 0 Å². The molecule has 0 radical (unpaired) electrons. The summed E-state index contributed by atoms with van der Waals surface area (Å²) in [5.41, 5.74) is 0. The van der Waals surface area contributed by atoms with Gasteiger partial charge in [0.25, 0.3) is 0 Å². The van der Waals surface area contributed by atoms with Crippen LogP contribution in [0.15, 0.2) is 12.8 Å². The maximum atomic E-state index is 3.52. The van der Waals surface area contributed by atoms with E-state index in [1.807, 2.05) is 0 Å². The van der Waals surface area contributed by atoms with Crippen LogP contribution in [0.2, 0.25) is 0 Å². The molecule has 0 aliphatic rings. The minimum Gasteiger partial charge on any atom is -0.391 e. The summed E-state index contributed by atoms with van der Waals surface area (Å²) < 4.78 is 0. The van der Waals surface area contributed by atoms with Gasteiger partial charge in [0.15, 0.2) is 0 Å². The van der Waals surface area contributed by atoms with Crippen molar-refractivity contribution in [2.45, 2.75) is 19.8 Å². The van der Waals surface area contributed by atoms with Gasteiger partial charge in [-0.05, 0) is 12.6 Å². The van der Waals surface area contributed by atoms with E-state index in [1.165, 1.54) is 12.8 Å². The van der Waals surface area contributed by atoms with Crippen molar-refractivity contribution in [3.8, 4) is 0 Å². The first-order chi connectivity index (χ1) is 3.41. The third-order valence-electron chi connectivity index (χ3n) is 0.819. The molecule has 0 saturated carbocycles. The first-order valence-electron chi connectivity index (χ1n) is 2.76. The fraction of sp³-hybridized carbons (Fsp3) is 0.667. The standard InChI is InChI=1S/C6H13N.ClH/c1-3-5-6-7-4-2;/h4,7H,2-3,5-6H2,1H3;1H. The molecule has 1 N–H and O–H groups in total. The molecule has 0 aromatic heterocycles. The zero-order valence-corrected chi connectivity index (χ0v) is 6.13. The molecule has 1 nitrogen and oxygen atoms in total. The summed E-state index contributed by atoms with van der Waals surface area (Å²) in [5.74, 6) is 0. The molecule has 0 saturated heterocycles. The van der Waals surface area contributed by atoms with Crippen LogP contribution in [0.1, 0.15) is 19.8 Å². The van der Waals surface area contributed by atoms with Gasteiger partial charge < -0.3 is 5.32 Å². The van der Waals surface area contributed by atoms with Crippen LogP contribution in [-0.2, 0) is 0 Å². The highest BCUT2D eigenvalue weighted by atomic mass is 35.5. The molecule has 0 fully saturated rings. The van der Waals surface area contributed by atoms with Crippen molar-refractivity contribution in [1.29, 1.82) is 0 Å². The minimum absolute atomic E-state index is 0. The molecule has 0 aliphatic heterocycles. The maximum absolute atomic E-state index is 3.52. The highest BCUT2D eigenvalue weighted by Gasteiger charge is 1.74. The summed E-state index contributed by atoms with van der Waals surface area (Å²) in [6.07, 6.45) is 4.22. The smallest absolute Gasteiger partial charge is 0.0141 e. The second-order valence-electron chi connectivity index (χ2n) is 1.51. The van der Waals surface area contributed by atoms with E-state index in [2.05, 4.69) is 18.8 Å². The van der Waals surface area contributed by atoms with Crippen molar-refractivity contribution in [2.24, 2.45) is 0 Å². The van der Waals surface area contributed by atoms with Crippen LogP contribution in [0.3, 0.4) is 0 Å². The van der Waals surface area contributed by atoms with E-state index in [9.17, 15) is 0 Å². The molecule has 0 amide bonds. The third kappa shape index (κ3) is 9.27. The highest BCUT2D eigenvalue weighted by Crippen LogP contribution is 1.80. The predicted octanol–water partition coefficient (Wildman–Crippen LogP) is 1.94. The van der Waals surface area contributed by atoms with Gasteiger partial charge in [-0.1, -0.05) is 19.9 Å². The molecule has 0 rings (SSSR count). The topological polar surface area (TPSA) is 12.0 Å². The lowest BCUT2D eigenvalue weighted by molar-refractivity contribution is 0.736. The average Bonchev–Trinajstić information content (AvgIpc) is 1.69. The van der Waals surface area contributed by atoms with E-state index in [4.69, 9.17) is 0 Å². The van der Waals surface area contributed by atoms with Gasteiger partial charge >= 0.3 is 0 Å². The Morgan fingerprint density at radius 1 is 1.62 bits per heavy atom. The van der Waals surface area contributed by atoms with Crippen molar-refractivity contribution < 1.29 is 0 Å². The molecular weight excluding hydrogens is 122 g/mol. The lowest BCUT2D eigenvalue weighted by Crippen LogP contribution is -2.04. The SMILES string of the molecule is C=CNCCCC.Cl. The van der Waals surface area contributed by atoms with Crippen LogP contribution in [0.4, 0.5) is 0 Å². The quantitative estimate of drug-likeness (QED) is 0.581. The summed E-state index contributed by atoms with van der Waals surface area (Å²) in [4.78, 5) is 0. The molecular formula is C6H14ClN. The molecule has 0 unspecified atom stereocenters. The summed E-state index contributed by atoms with van der Waals surface area (Å²) in [7, 11) is 0. The van der Waals surface area contributed by atoms with E-state index in [0.717, 1.165) is 6.54 Å². The number of hydrogen-bond acceptors (Lipinski definition) is 1. The van der Waals surface area contributed by atoms with Crippen LogP contribution < -0.4 is 5.32 Å². The first kappa shape index (κ1) is 10.7. The van der Waals surface area contributed by atoms with Crippen molar-refractivity contribution in [2.75, 3.05) is 6.54 Å². The zero-order chi connectivity index (χ0) is 5.54. The summed E-state index contributed by atoms with van der Waals surface area (Å²) in [5, 5.41) is 3.01. The molecule has 0 heterocycles. The minimum atomic E-state index is 0. The highest BCUT2D eigenvalue weighted by molar-refractivity contribution is 5.85. The van der Waals surface area contributed by atoms with Gasteiger partial charge in [-0.25, -0.2) is 0 Å². The van der Waals surface area contributed by atoms with Gasteiger partial charge in [0.2, 0.25) is 0 Å². The Balaban J connectivity index is 0. The number of nitrogens with one attached hydrogen (secondary N) is 1. The van der Waals surface area contributed by atoms with Crippen molar-refractivity contribution in [1.82, 2.24) is 5.32 Å². The summed E-state index contributed by atoms with van der Waals surface area (Å²) in [6, 6.07) is 0. The number of rotatable bonds is 4. The van der Waals surface area contributed by atoms with Gasteiger partial charge in [-0.15, -0.1) is 12.4 Å². The normalized spacial score (nSPS) is 7.12. The molecule has 0 atom stereocenters. The Labute approximate surface area is 57.6 Å². The zero-order valence-electron chi connectivity index (χ0n) is 5.31. The van der Waals surface area contributed by atoms with E-state index in [-0.39, 0.29) is 12.4 Å². The fourth-order valence-corrected chi connectivity index (χ4v) is 0.381. The second-order valence-corrected chi connectivity index (χ2v) is 1.51. The summed E-state index contributed by atoms with van der Waals surface area (Å²) in [6.45, 7) is 6.76. The average molecular weight is 136 g/mol. The Bertz CT molecular complexity index is 45.8. The van der Waals surface area contributed by atoms with E-state index >= 15 is 0 Å². The largest absolute Gasteiger partial charge is 0.391 e. The number of halogens is 1. The van der Waals surface area contributed by atoms with Gasteiger partial charge in [0, 0.05) is 6.54 Å². The van der Waals surface area contributed by atoms with E-state index in [0.29, 0.717) is 0 Å². The molecule has 0 aliphatic carbocycles. The molecule has 8 heavy (non-hydrogen) atoms. The molecule has 0 aromatic carbocycles. The Morgan fingerprint density at radius 3 is 2.62 bits per heavy atom. The molecule has 2 heteroatoms. The lowest BCUT2D eigenvalue weighted by atomic mass is 10.3. The molecule has 0 bridgehead atoms. The maximum Gasteiger partial charge on any atom is 0.0141 e. The van der Waals surface area contributed by atoms with Crippen LogP contribution >= 0.6 is 12.4 Å². The molecule has 0 aromatic rings. The second kappa shape index (κ2) is 9.95. The molecule has 0 spiro atoms. The Kier molecular flexibility index (Phi) is 13.4. The number of unbranched alkanes of at least 4 members (excludes halogenated alkanes) is 1. The van der Waals surface area contributed by atoms with E-state index in [1.54, 1.807) is 6.20 Å². The lowest BCUT2D eigenvalue weighted by Gasteiger charge is -1.93. The first-order valence-corrected chi connectivity index (χ1v) is 2.76. The van der Waals surface area contributed by atoms with Crippen molar-refractivity contribution in [3.05, 3.63) is 12.8 Å². The van der Waals surface area contributed by atoms with Gasteiger partial charge in [-0.2, -0.15) is 0 Å². The van der Waals surface area contributed by atoms with Crippen molar-refractivity contribution >= 4 is 12.4 Å². The van der Waals surface area contributed by atoms with Crippen LogP contribution in [-0.4, -0.2) is 6.54 Å². The van der Waals surface area contributed by atoms with Gasteiger partial charge in [-0.3, -0.25) is 0 Å². The molecule has 50 valence electrons.